The second-order valence-electron chi connectivity index (χ2n) is 8.04. The van der Waals surface area contributed by atoms with E-state index < -0.39 is 0 Å². The minimum Gasteiger partial charge on any atom is -0.376 e. The van der Waals surface area contributed by atoms with E-state index in [1.54, 1.807) is 12.4 Å². The van der Waals surface area contributed by atoms with E-state index in [-0.39, 0.29) is 0 Å². The summed E-state index contributed by atoms with van der Waals surface area (Å²) >= 11 is 0. The van der Waals surface area contributed by atoms with Gasteiger partial charge in [0.05, 0.1) is 28.8 Å². The molecule has 0 amide bonds. The third-order valence-electron chi connectivity index (χ3n) is 5.70. The van der Waals surface area contributed by atoms with Crippen LogP contribution >= 0.6 is 0 Å². The van der Waals surface area contributed by atoms with Gasteiger partial charge in [0.1, 0.15) is 16.9 Å². The number of fused-ring (bicyclic) bond motifs is 2. The van der Waals surface area contributed by atoms with E-state index in [0.29, 0.717) is 0 Å². The average molecular weight is 432 g/mol. The minimum atomic E-state index is 0.749. The van der Waals surface area contributed by atoms with Crippen LogP contribution in [-0.2, 0) is 0 Å². The van der Waals surface area contributed by atoms with Gasteiger partial charge in [0.15, 0.2) is 0 Å². The number of aromatic nitrogens is 7. The average Bonchev–Trinajstić information content (AvgIpc) is 3.48. The van der Waals surface area contributed by atoms with Gasteiger partial charge in [-0.1, -0.05) is 6.07 Å². The van der Waals surface area contributed by atoms with Gasteiger partial charge < -0.3 is 9.88 Å². The van der Waals surface area contributed by atoms with Gasteiger partial charge in [0, 0.05) is 55.4 Å². The van der Waals surface area contributed by atoms with Crippen LogP contribution in [0.25, 0.3) is 55.8 Å². The number of anilines is 1. The first-order valence-corrected chi connectivity index (χ1v) is 10.5. The van der Waals surface area contributed by atoms with Crippen LogP contribution in [0.5, 0.6) is 0 Å². The Kier molecular flexibility index (Phi) is 4.36. The molecule has 6 aromatic heterocycles. The Hall–Kier alpha value is -4.59. The van der Waals surface area contributed by atoms with E-state index in [0.717, 1.165) is 61.5 Å². The number of hydrogen-bond donors (Lipinski definition) is 2. The Morgan fingerprint density at radius 3 is 2.64 bits per heavy atom. The fourth-order valence-corrected chi connectivity index (χ4v) is 3.99. The summed E-state index contributed by atoms with van der Waals surface area (Å²) in [5.74, 6) is 0. The molecule has 160 valence electrons. The normalized spacial score (nSPS) is 11.3. The van der Waals surface area contributed by atoms with Crippen molar-refractivity contribution in [1.82, 2.24) is 35.1 Å². The van der Waals surface area contributed by atoms with Gasteiger partial charge in [0.2, 0.25) is 0 Å². The molecule has 0 saturated heterocycles. The van der Waals surface area contributed by atoms with Crippen molar-refractivity contribution in [3.8, 4) is 33.8 Å². The Labute approximate surface area is 189 Å². The van der Waals surface area contributed by atoms with Crippen LogP contribution in [0, 0.1) is 0 Å². The smallest absolute Gasteiger partial charge is 0.138 e. The number of hydrogen-bond acceptors (Lipinski definition) is 6. The van der Waals surface area contributed by atoms with E-state index in [1.807, 2.05) is 67.9 Å². The molecule has 33 heavy (non-hydrogen) atoms. The van der Waals surface area contributed by atoms with E-state index in [4.69, 9.17) is 4.98 Å². The lowest BCUT2D eigenvalue weighted by molar-refractivity contribution is 1.11. The quantitative estimate of drug-likeness (QED) is 0.419. The number of aromatic amines is 2. The summed E-state index contributed by atoms with van der Waals surface area (Å²) in [6.45, 7) is 0. The van der Waals surface area contributed by atoms with Gasteiger partial charge in [0.25, 0.3) is 0 Å². The van der Waals surface area contributed by atoms with Gasteiger partial charge in [-0.3, -0.25) is 15.1 Å². The molecule has 8 heteroatoms. The van der Waals surface area contributed by atoms with Crippen LogP contribution in [0.15, 0.2) is 73.4 Å². The third-order valence-corrected chi connectivity index (χ3v) is 5.70. The Balaban J connectivity index is 1.48. The molecule has 0 aliphatic heterocycles. The zero-order chi connectivity index (χ0) is 22.4. The molecular weight excluding hydrogens is 412 g/mol. The molecule has 0 unspecified atom stereocenters. The highest BCUT2D eigenvalue weighted by molar-refractivity contribution is 5.98. The summed E-state index contributed by atoms with van der Waals surface area (Å²) in [5, 5.41) is 8.67. The van der Waals surface area contributed by atoms with Gasteiger partial charge >= 0.3 is 0 Å². The van der Waals surface area contributed by atoms with Crippen LogP contribution in [0.3, 0.4) is 0 Å². The van der Waals surface area contributed by atoms with Crippen molar-refractivity contribution in [3.05, 3.63) is 73.4 Å². The monoisotopic (exact) mass is 432 g/mol. The molecule has 0 radical (unpaired) electrons. The molecule has 6 aromatic rings. The number of rotatable bonds is 4. The SMILES string of the molecule is CN(C)c1cncc(-c2ccc3[nH]nc(-c4cc5c(-c6cccnc6)ccnc5[nH]4)c3n2)c1. The van der Waals surface area contributed by atoms with Crippen molar-refractivity contribution in [2.45, 2.75) is 0 Å². The summed E-state index contributed by atoms with van der Waals surface area (Å²) < 4.78 is 0. The van der Waals surface area contributed by atoms with Crippen LogP contribution in [0.2, 0.25) is 0 Å². The maximum absolute atomic E-state index is 4.93. The lowest BCUT2D eigenvalue weighted by atomic mass is 10.1. The highest BCUT2D eigenvalue weighted by atomic mass is 15.1. The zero-order valence-corrected chi connectivity index (χ0v) is 18.1. The highest BCUT2D eigenvalue weighted by Gasteiger charge is 2.16. The van der Waals surface area contributed by atoms with Gasteiger partial charge in [-0.2, -0.15) is 5.10 Å². The number of nitrogens with one attached hydrogen (secondary N) is 2. The molecule has 8 nitrogen and oxygen atoms in total. The largest absolute Gasteiger partial charge is 0.376 e. The van der Waals surface area contributed by atoms with Crippen LogP contribution < -0.4 is 4.90 Å². The first kappa shape index (κ1) is 19.1. The van der Waals surface area contributed by atoms with E-state index in [9.17, 15) is 0 Å². The molecule has 0 saturated carbocycles. The summed E-state index contributed by atoms with van der Waals surface area (Å²) in [6, 6.07) is 14.1. The third kappa shape index (κ3) is 3.28. The van der Waals surface area contributed by atoms with Gasteiger partial charge in [-0.05, 0) is 42.0 Å². The molecule has 0 aliphatic carbocycles. The maximum atomic E-state index is 4.93. The fraction of sp³-hybridized carbons (Fsp3) is 0.0800. The first-order chi connectivity index (χ1) is 16.2. The van der Waals surface area contributed by atoms with Crippen molar-refractivity contribution >= 4 is 27.8 Å². The highest BCUT2D eigenvalue weighted by Crippen LogP contribution is 2.33. The molecule has 0 fully saturated rings. The van der Waals surface area contributed by atoms with Crippen molar-refractivity contribution in [2.24, 2.45) is 0 Å². The van der Waals surface area contributed by atoms with Crippen LogP contribution in [0.4, 0.5) is 5.69 Å². The molecule has 6 rings (SSSR count). The number of H-pyrrole nitrogens is 2. The van der Waals surface area contributed by atoms with Crippen molar-refractivity contribution in [1.29, 1.82) is 0 Å². The zero-order valence-electron chi connectivity index (χ0n) is 18.1. The van der Waals surface area contributed by atoms with Gasteiger partial charge in [-0.15, -0.1) is 0 Å². The first-order valence-electron chi connectivity index (χ1n) is 10.5. The molecule has 0 atom stereocenters. The van der Waals surface area contributed by atoms with E-state index in [1.165, 1.54) is 0 Å². The van der Waals surface area contributed by atoms with Crippen molar-refractivity contribution in [3.63, 3.8) is 0 Å². The standard InChI is InChI=1S/C25H20N8/c1-33(2)17-10-16(13-27-14-17)20-5-6-21-23(29-20)24(32-31-21)22-11-19-18(7-9-28-25(19)30-22)15-4-3-8-26-12-15/h3-14H,1-2H3,(H,28,30)(H,31,32). The minimum absolute atomic E-state index is 0.749. The van der Waals surface area contributed by atoms with E-state index >= 15 is 0 Å². The number of pyridine rings is 4. The lowest BCUT2D eigenvalue weighted by Crippen LogP contribution is -2.08. The van der Waals surface area contributed by atoms with Crippen molar-refractivity contribution < 1.29 is 0 Å². The van der Waals surface area contributed by atoms with Gasteiger partial charge in [-0.25, -0.2) is 9.97 Å². The van der Waals surface area contributed by atoms with Crippen LogP contribution in [0.1, 0.15) is 0 Å². The molecule has 0 bridgehead atoms. The topological polar surface area (TPSA) is 99.3 Å². The summed E-state index contributed by atoms with van der Waals surface area (Å²) in [5.41, 5.74) is 8.96. The fourth-order valence-electron chi connectivity index (χ4n) is 3.99. The Bertz CT molecular complexity index is 1600. The summed E-state index contributed by atoms with van der Waals surface area (Å²) in [7, 11) is 3.99. The second-order valence-corrected chi connectivity index (χ2v) is 8.04. The maximum Gasteiger partial charge on any atom is 0.138 e. The van der Waals surface area contributed by atoms with Crippen LogP contribution in [-0.4, -0.2) is 49.2 Å². The molecule has 6 heterocycles. The predicted molar refractivity (Wildman–Crippen MR) is 130 cm³/mol. The molecule has 2 N–H and O–H groups in total. The molecule has 0 spiro atoms. The lowest BCUT2D eigenvalue weighted by Gasteiger charge is -2.12. The Morgan fingerprint density at radius 1 is 0.879 bits per heavy atom. The Morgan fingerprint density at radius 2 is 1.79 bits per heavy atom. The van der Waals surface area contributed by atoms with Crippen molar-refractivity contribution in [2.75, 3.05) is 19.0 Å². The predicted octanol–water partition coefficient (Wildman–Crippen LogP) is 4.69. The summed E-state index contributed by atoms with van der Waals surface area (Å²) in [4.78, 5) is 23.5. The number of nitrogens with zero attached hydrogens (tertiary/aromatic N) is 6. The molecule has 0 aliphatic rings. The second kappa shape index (κ2) is 7.52. The molecular formula is C25H20N8. The summed E-state index contributed by atoms with van der Waals surface area (Å²) in [6.07, 6.45) is 9.09. The molecule has 0 aromatic carbocycles. The van der Waals surface area contributed by atoms with E-state index in [2.05, 4.69) is 42.3 Å².